The van der Waals surface area contributed by atoms with E-state index in [1.54, 1.807) is 0 Å². The topological polar surface area (TPSA) is 124 Å². The fourth-order valence-corrected chi connectivity index (χ4v) is 2.51. The number of nitrogens with one attached hydrogen (secondary N) is 1. The summed E-state index contributed by atoms with van der Waals surface area (Å²) >= 11 is 0. The third-order valence-electron chi connectivity index (χ3n) is 3.64. The first-order valence-electron chi connectivity index (χ1n) is 6.59. The number of nitro groups is 1. The smallest absolute Gasteiger partial charge is 0.270 e. The lowest BCUT2D eigenvalue weighted by molar-refractivity contribution is -0.384. The van der Waals surface area contributed by atoms with Gasteiger partial charge in [0.15, 0.2) is 0 Å². The van der Waals surface area contributed by atoms with E-state index in [1.165, 1.54) is 18.2 Å². The average Bonchev–Trinajstić information content (AvgIpc) is 2.41. The summed E-state index contributed by atoms with van der Waals surface area (Å²) in [5.41, 5.74) is 11.8. The Bertz CT molecular complexity index is 532. The summed E-state index contributed by atoms with van der Waals surface area (Å²) in [4.78, 5) is 21.6. The van der Waals surface area contributed by atoms with E-state index in [4.69, 9.17) is 11.5 Å². The third-order valence-corrected chi connectivity index (χ3v) is 3.64. The van der Waals surface area contributed by atoms with E-state index in [1.807, 2.05) is 0 Å². The minimum atomic E-state index is -0.694. The highest BCUT2D eigenvalue weighted by molar-refractivity contribution is 5.99. The predicted octanol–water partition coefficient (Wildman–Crippen LogP) is 1.38. The SMILES string of the molecule is NC(=O)c1cc([N+](=O)[O-])ccc1NC1CCCCC1N. The van der Waals surface area contributed by atoms with E-state index in [2.05, 4.69) is 5.32 Å². The number of rotatable bonds is 4. The number of anilines is 1. The molecule has 0 spiro atoms. The summed E-state index contributed by atoms with van der Waals surface area (Å²) in [5.74, 6) is -0.694. The standard InChI is InChI=1S/C13H18N4O3/c14-10-3-1-2-4-12(10)16-11-6-5-8(17(19)20)7-9(11)13(15)18/h5-7,10,12,16H,1-4,14H2,(H2,15,18). The van der Waals surface area contributed by atoms with Crippen LogP contribution in [-0.2, 0) is 0 Å². The van der Waals surface area contributed by atoms with E-state index in [9.17, 15) is 14.9 Å². The molecule has 7 nitrogen and oxygen atoms in total. The Kier molecular flexibility index (Phi) is 4.19. The summed E-state index contributed by atoms with van der Waals surface area (Å²) in [6.07, 6.45) is 4.01. The predicted molar refractivity (Wildman–Crippen MR) is 75.5 cm³/mol. The van der Waals surface area contributed by atoms with Crippen LogP contribution < -0.4 is 16.8 Å². The zero-order valence-corrected chi connectivity index (χ0v) is 11.0. The second kappa shape index (κ2) is 5.87. The van der Waals surface area contributed by atoms with Gasteiger partial charge in [0.05, 0.1) is 10.5 Å². The van der Waals surface area contributed by atoms with Gasteiger partial charge in [-0.25, -0.2) is 0 Å². The van der Waals surface area contributed by atoms with Gasteiger partial charge < -0.3 is 16.8 Å². The molecule has 0 saturated heterocycles. The van der Waals surface area contributed by atoms with Gasteiger partial charge in [-0.3, -0.25) is 14.9 Å². The van der Waals surface area contributed by atoms with Crippen LogP contribution in [0.25, 0.3) is 0 Å². The molecule has 1 fully saturated rings. The molecule has 0 radical (unpaired) electrons. The largest absolute Gasteiger partial charge is 0.380 e. The minimum absolute atomic E-state index is 0.0136. The first kappa shape index (κ1) is 14.3. The van der Waals surface area contributed by atoms with Crippen molar-refractivity contribution in [2.75, 3.05) is 5.32 Å². The zero-order valence-electron chi connectivity index (χ0n) is 11.0. The van der Waals surface area contributed by atoms with Crippen molar-refractivity contribution in [3.63, 3.8) is 0 Å². The highest BCUT2D eigenvalue weighted by Crippen LogP contribution is 2.26. The number of amides is 1. The van der Waals surface area contributed by atoms with Crippen molar-refractivity contribution >= 4 is 17.3 Å². The molecule has 0 bridgehead atoms. The number of carbonyl (C=O) groups excluding carboxylic acids is 1. The van der Waals surface area contributed by atoms with Crippen LogP contribution in [0, 0.1) is 10.1 Å². The van der Waals surface area contributed by atoms with Crippen LogP contribution in [0.2, 0.25) is 0 Å². The van der Waals surface area contributed by atoms with Gasteiger partial charge in [-0.15, -0.1) is 0 Å². The molecule has 1 aliphatic rings. The summed E-state index contributed by atoms with van der Waals surface area (Å²) in [6, 6.07) is 4.13. The van der Waals surface area contributed by atoms with Crippen molar-refractivity contribution in [3.05, 3.63) is 33.9 Å². The number of nitrogens with zero attached hydrogens (tertiary/aromatic N) is 1. The van der Waals surface area contributed by atoms with Crippen molar-refractivity contribution < 1.29 is 9.72 Å². The molecule has 1 aromatic rings. The van der Waals surface area contributed by atoms with Crippen molar-refractivity contribution in [1.82, 2.24) is 0 Å². The van der Waals surface area contributed by atoms with E-state index in [-0.39, 0.29) is 23.3 Å². The monoisotopic (exact) mass is 278 g/mol. The molecule has 20 heavy (non-hydrogen) atoms. The maximum absolute atomic E-state index is 11.4. The molecule has 1 aliphatic carbocycles. The molecule has 0 aliphatic heterocycles. The quantitative estimate of drug-likeness (QED) is 0.566. The Balaban J connectivity index is 2.26. The number of primary amides is 1. The fourth-order valence-electron chi connectivity index (χ4n) is 2.51. The molecule has 2 unspecified atom stereocenters. The van der Waals surface area contributed by atoms with Gasteiger partial charge in [0.1, 0.15) is 0 Å². The van der Waals surface area contributed by atoms with Gasteiger partial charge in [-0.2, -0.15) is 0 Å². The number of hydrogen-bond donors (Lipinski definition) is 3. The number of non-ortho nitro benzene ring substituents is 1. The Morgan fingerprint density at radius 1 is 1.35 bits per heavy atom. The van der Waals surface area contributed by atoms with Crippen LogP contribution in [0.15, 0.2) is 18.2 Å². The first-order chi connectivity index (χ1) is 9.49. The first-order valence-corrected chi connectivity index (χ1v) is 6.59. The summed E-state index contributed by atoms with van der Waals surface area (Å²) < 4.78 is 0. The van der Waals surface area contributed by atoms with Gasteiger partial charge >= 0.3 is 0 Å². The molecule has 1 aromatic carbocycles. The maximum atomic E-state index is 11.4. The maximum Gasteiger partial charge on any atom is 0.270 e. The Labute approximate surface area is 116 Å². The fraction of sp³-hybridized carbons (Fsp3) is 0.462. The van der Waals surface area contributed by atoms with Gasteiger partial charge in [-0.05, 0) is 18.9 Å². The highest BCUT2D eigenvalue weighted by Gasteiger charge is 2.23. The average molecular weight is 278 g/mol. The molecule has 2 atom stereocenters. The Hall–Kier alpha value is -2.15. The number of carbonyl (C=O) groups is 1. The summed E-state index contributed by atoms with van der Waals surface area (Å²) in [6.45, 7) is 0. The second-order valence-corrected chi connectivity index (χ2v) is 5.05. The number of nitro benzene ring substituents is 1. The molecular weight excluding hydrogens is 260 g/mol. The molecule has 1 saturated carbocycles. The van der Waals surface area contributed by atoms with Crippen molar-refractivity contribution in [2.45, 2.75) is 37.8 Å². The molecule has 1 amide bonds. The second-order valence-electron chi connectivity index (χ2n) is 5.05. The normalized spacial score (nSPS) is 22.2. The molecule has 5 N–H and O–H groups in total. The van der Waals surface area contributed by atoms with Gasteiger partial charge in [-0.1, -0.05) is 12.8 Å². The molecule has 7 heteroatoms. The lowest BCUT2D eigenvalue weighted by Crippen LogP contribution is -2.42. The van der Waals surface area contributed by atoms with Crippen LogP contribution in [0.3, 0.4) is 0 Å². The van der Waals surface area contributed by atoms with Crippen LogP contribution in [0.5, 0.6) is 0 Å². The molecule has 2 rings (SSSR count). The van der Waals surface area contributed by atoms with Gasteiger partial charge in [0.25, 0.3) is 11.6 Å². The van der Waals surface area contributed by atoms with Crippen LogP contribution in [-0.4, -0.2) is 22.9 Å². The Morgan fingerprint density at radius 2 is 2.05 bits per heavy atom. The number of hydrogen-bond acceptors (Lipinski definition) is 5. The van der Waals surface area contributed by atoms with Crippen molar-refractivity contribution in [1.29, 1.82) is 0 Å². The zero-order chi connectivity index (χ0) is 14.7. The molecule has 108 valence electrons. The molecular formula is C13H18N4O3. The van der Waals surface area contributed by atoms with Crippen LogP contribution in [0.1, 0.15) is 36.0 Å². The van der Waals surface area contributed by atoms with Crippen LogP contribution in [0.4, 0.5) is 11.4 Å². The van der Waals surface area contributed by atoms with E-state index in [0.29, 0.717) is 5.69 Å². The van der Waals surface area contributed by atoms with E-state index < -0.39 is 10.8 Å². The number of benzene rings is 1. The molecule has 0 heterocycles. The van der Waals surface area contributed by atoms with Gasteiger partial charge in [0.2, 0.25) is 0 Å². The summed E-state index contributed by atoms with van der Waals surface area (Å²) in [5, 5.41) is 13.9. The van der Waals surface area contributed by atoms with Gasteiger partial charge in [0, 0.05) is 29.9 Å². The number of nitrogens with two attached hydrogens (primary N) is 2. The van der Waals surface area contributed by atoms with E-state index in [0.717, 1.165) is 25.7 Å². The van der Waals surface area contributed by atoms with Crippen molar-refractivity contribution in [3.8, 4) is 0 Å². The molecule has 0 aromatic heterocycles. The Morgan fingerprint density at radius 3 is 2.65 bits per heavy atom. The summed E-state index contributed by atoms with van der Waals surface area (Å²) in [7, 11) is 0. The lowest BCUT2D eigenvalue weighted by atomic mass is 9.90. The van der Waals surface area contributed by atoms with Crippen molar-refractivity contribution in [2.24, 2.45) is 11.5 Å². The van der Waals surface area contributed by atoms with Crippen LogP contribution >= 0.6 is 0 Å². The lowest BCUT2D eigenvalue weighted by Gasteiger charge is -2.30. The minimum Gasteiger partial charge on any atom is -0.380 e. The highest BCUT2D eigenvalue weighted by atomic mass is 16.6. The third kappa shape index (κ3) is 3.05. The van der Waals surface area contributed by atoms with E-state index >= 15 is 0 Å².